The van der Waals surface area contributed by atoms with Crippen molar-refractivity contribution in [3.8, 4) is 0 Å². The van der Waals surface area contributed by atoms with E-state index in [1.54, 1.807) is 12.1 Å². The topological polar surface area (TPSA) is 49.7 Å². The molecule has 1 aromatic carbocycles. The summed E-state index contributed by atoms with van der Waals surface area (Å²) in [5, 5.41) is 9.33. The number of aliphatic imine (C=N–C) groups is 1. The standard InChI is InChI=1S/C11H8ClNO2/c12-8-4-2-1-3-7(8)9-5-6-10(13-9)11(14)15/h1-6,9H,(H,14,15)/t9-/m0/s1. The average molecular weight is 222 g/mol. The highest BCUT2D eigenvalue weighted by Gasteiger charge is 2.18. The number of aliphatic carboxylic acids is 1. The number of benzene rings is 1. The fraction of sp³-hybridized carbons (Fsp3) is 0.0909. The summed E-state index contributed by atoms with van der Waals surface area (Å²) in [5.74, 6) is -1.01. The Morgan fingerprint density at radius 1 is 1.40 bits per heavy atom. The zero-order chi connectivity index (χ0) is 10.8. The first-order valence-electron chi connectivity index (χ1n) is 4.42. The van der Waals surface area contributed by atoms with Crippen LogP contribution in [-0.4, -0.2) is 16.8 Å². The van der Waals surface area contributed by atoms with Crippen LogP contribution in [0.2, 0.25) is 5.02 Å². The lowest BCUT2D eigenvalue weighted by Gasteiger charge is -2.06. The van der Waals surface area contributed by atoms with Crippen LogP contribution in [-0.2, 0) is 4.79 Å². The number of halogens is 1. The van der Waals surface area contributed by atoms with Gasteiger partial charge in [-0.15, -0.1) is 0 Å². The Kier molecular flexibility index (Phi) is 2.56. The van der Waals surface area contributed by atoms with Gasteiger partial charge in [0.1, 0.15) is 5.71 Å². The molecule has 4 heteroatoms. The third-order valence-corrected chi connectivity index (χ3v) is 2.50. The van der Waals surface area contributed by atoms with Gasteiger partial charge in [-0.1, -0.05) is 35.9 Å². The maximum atomic E-state index is 10.6. The van der Waals surface area contributed by atoms with Crippen LogP contribution >= 0.6 is 11.6 Å². The molecule has 0 saturated carbocycles. The minimum absolute atomic E-state index is 0.0694. The summed E-state index contributed by atoms with van der Waals surface area (Å²) in [6.45, 7) is 0. The van der Waals surface area contributed by atoms with Crippen LogP contribution in [0.5, 0.6) is 0 Å². The van der Waals surface area contributed by atoms with Gasteiger partial charge >= 0.3 is 5.97 Å². The molecule has 0 radical (unpaired) electrons. The summed E-state index contributed by atoms with van der Waals surface area (Å²) >= 11 is 5.98. The van der Waals surface area contributed by atoms with Crippen LogP contribution in [0.1, 0.15) is 11.6 Å². The van der Waals surface area contributed by atoms with Crippen molar-refractivity contribution < 1.29 is 9.90 Å². The largest absolute Gasteiger partial charge is 0.477 e. The predicted octanol–water partition coefficient (Wildman–Crippen LogP) is 2.48. The SMILES string of the molecule is O=C(O)C1=N[C@H](c2ccccc2Cl)C=C1. The number of hydrogen-bond acceptors (Lipinski definition) is 2. The molecule has 0 aromatic heterocycles. The smallest absolute Gasteiger partial charge is 0.354 e. The zero-order valence-corrected chi connectivity index (χ0v) is 8.48. The van der Waals surface area contributed by atoms with Crippen molar-refractivity contribution >= 4 is 23.3 Å². The molecule has 3 nitrogen and oxygen atoms in total. The van der Waals surface area contributed by atoms with E-state index in [1.807, 2.05) is 18.2 Å². The molecule has 1 aliphatic rings. The fourth-order valence-corrected chi connectivity index (χ4v) is 1.68. The van der Waals surface area contributed by atoms with Crippen molar-refractivity contribution in [3.63, 3.8) is 0 Å². The summed E-state index contributed by atoms with van der Waals surface area (Å²) in [6, 6.07) is 7.00. The lowest BCUT2D eigenvalue weighted by molar-refractivity contribution is -0.129. The fourth-order valence-electron chi connectivity index (χ4n) is 1.43. The van der Waals surface area contributed by atoms with Gasteiger partial charge in [0.25, 0.3) is 0 Å². The summed E-state index contributed by atoms with van der Waals surface area (Å²) < 4.78 is 0. The Bertz CT molecular complexity index is 465. The third kappa shape index (κ3) is 1.92. The van der Waals surface area contributed by atoms with Gasteiger partial charge in [0.2, 0.25) is 0 Å². The molecule has 0 spiro atoms. The van der Waals surface area contributed by atoms with E-state index in [0.717, 1.165) is 5.56 Å². The first-order chi connectivity index (χ1) is 7.18. The van der Waals surface area contributed by atoms with Gasteiger partial charge in [-0.05, 0) is 17.7 Å². The highest BCUT2D eigenvalue weighted by atomic mass is 35.5. The van der Waals surface area contributed by atoms with Crippen molar-refractivity contribution in [1.82, 2.24) is 0 Å². The first-order valence-corrected chi connectivity index (χ1v) is 4.80. The van der Waals surface area contributed by atoms with E-state index in [1.165, 1.54) is 6.08 Å². The Hall–Kier alpha value is -1.61. The lowest BCUT2D eigenvalue weighted by Crippen LogP contribution is -2.07. The minimum atomic E-state index is -1.01. The number of rotatable bonds is 2. The molecule has 2 rings (SSSR count). The maximum absolute atomic E-state index is 10.6. The number of nitrogens with zero attached hydrogens (tertiary/aromatic N) is 1. The molecule has 1 atom stereocenters. The van der Waals surface area contributed by atoms with Gasteiger partial charge in [0.15, 0.2) is 0 Å². The molecule has 0 bridgehead atoms. The summed E-state index contributed by atoms with van der Waals surface area (Å²) in [4.78, 5) is 14.7. The summed E-state index contributed by atoms with van der Waals surface area (Å²) in [7, 11) is 0. The second-order valence-corrected chi connectivity index (χ2v) is 3.55. The van der Waals surface area contributed by atoms with Gasteiger partial charge in [-0.3, -0.25) is 4.99 Å². The Morgan fingerprint density at radius 3 is 2.73 bits per heavy atom. The van der Waals surface area contributed by atoms with Crippen LogP contribution in [0, 0.1) is 0 Å². The van der Waals surface area contributed by atoms with E-state index >= 15 is 0 Å². The van der Waals surface area contributed by atoms with Gasteiger partial charge in [-0.25, -0.2) is 4.79 Å². The number of carboxylic acids is 1. The van der Waals surface area contributed by atoms with Crippen molar-refractivity contribution in [2.75, 3.05) is 0 Å². The van der Waals surface area contributed by atoms with E-state index in [-0.39, 0.29) is 11.8 Å². The van der Waals surface area contributed by atoms with E-state index < -0.39 is 5.97 Å². The second kappa shape index (κ2) is 3.87. The third-order valence-electron chi connectivity index (χ3n) is 2.16. The number of carboxylic acid groups (broad SMARTS) is 1. The van der Waals surface area contributed by atoms with E-state index in [9.17, 15) is 4.79 Å². The highest BCUT2D eigenvalue weighted by molar-refractivity contribution is 6.41. The van der Waals surface area contributed by atoms with Gasteiger partial charge in [0.05, 0.1) is 6.04 Å². The number of carbonyl (C=O) groups is 1. The van der Waals surface area contributed by atoms with Gasteiger partial charge in [-0.2, -0.15) is 0 Å². The highest BCUT2D eigenvalue weighted by Crippen LogP contribution is 2.29. The second-order valence-electron chi connectivity index (χ2n) is 3.14. The molecule has 0 saturated heterocycles. The van der Waals surface area contributed by atoms with Crippen LogP contribution in [0.4, 0.5) is 0 Å². The zero-order valence-electron chi connectivity index (χ0n) is 7.72. The predicted molar refractivity (Wildman–Crippen MR) is 58.4 cm³/mol. The van der Waals surface area contributed by atoms with Crippen LogP contribution in [0.15, 0.2) is 41.4 Å². The van der Waals surface area contributed by atoms with Gasteiger partial charge < -0.3 is 5.11 Å². The van der Waals surface area contributed by atoms with Crippen LogP contribution in [0.25, 0.3) is 0 Å². The molecule has 1 aromatic rings. The average Bonchev–Trinajstić information content (AvgIpc) is 2.67. The van der Waals surface area contributed by atoms with E-state index in [2.05, 4.69) is 4.99 Å². The molecule has 0 fully saturated rings. The monoisotopic (exact) mass is 221 g/mol. The molecule has 0 unspecified atom stereocenters. The minimum Gasteiger partial charge on any atom is -0.477 e. The van der Waals surface area contributed by atoms with E-state index in [0.29, 0.717) is 5.02 Å². The first kappa shape index (κ1) is 9.93. The van der Waals surface area contributed by atoms with Crippen LogP contribution in [0.3, 0.4) is 0 Å². The van der Waals surface area contributed by atoms with Crippen molar-refractivity contribution in [2.24, 2.45) is 4.99 Å². The molecule has 1 heterocycles. The molecule has 76 valence electrons. The van der Waals surface area contributed by atoms with Crippen molar-refractivity contribution in [3.05, 3.63) is 47.0 Å². The Balaban J connectivity index is 2.33. The molecular formula is C11H8ClNO2. The molecular weight excluding hydrogens is 214 g/mol. The molecule has 0 amide bonds. The molecule has 1 N–H and O–H groups in total. The lowest BCUT2D eigenvalue weighted by atomic mass is 10.1. The quantitative estimate of drug-likeness (QED) is 0.834. The Morgan fingerprint density at radius 2 is 2.13 bits per heavy atom. The Labute approximate surface area is 91.7 Å². The molecule has 0 aliphatic carbocycles. The normalized spacial score (nSPS) is 19.0. The van der Waals surface area contributed by atoms with Crippen molar-refractivity contribution in [1.29, 1.82) is 0 Å². The van der Waals surface area contributed by atoms with E-state index in [4.69, 9.17) is 16.7 Å². The van der Waals surface area contributed by atoms with Gasteiger partial charge in [0, 0.05) is 5.02 Å². The molecule has 1 aliphatic heterocycles. The summed E-state index contributed by atoms with van der Waals surface area (Å²) in [5.41, 5.74) is 0.895. The number of hydrogen-bond donors (Lipinski definition) is 1. The van der Waals surface area contributed by atoms with Crippen molar-refractivity contribution in [2.45, 2.75) is 6.04 Å². The molecule has 15 heavy (non-hydrogen) atoms. The summed E-state index contributed by atoms with van der Waals surface area (Å²) in [6.07, 6.45) is 3.22. The van der Waals surface area contributed by atoms with Crippen LogP contribution < -0.4 is 0 Å². The maximum Gasteiger partial charge on any atom is 0.354 e.